The molecule has 2 heterocycles. The number of nitrogens with zero attached hydrogens (tertiary/aromatic N) is 2. The summed E-state index contributed by atoms with van der Waals surface area (Å²) < 4.78 is 5.96. The number of rotatable bonds is 5. The van der Waals surface area contributed by atoms with Gasteiger partial charge < -0.3 is 10.1 Å². The lowest BCUT2D eigenvalue weighted by Gasteiger charge is -2.37. The molecule has 19 heavy (non-hydrogen) atoms. The molecule has 0 aliphatic carbocycles. The van der Waals surface area contributed by atoms with Gasteiger partial charge in [-0.25, -0.2) is 0 Å². The molecule has 1 saturated heterocycles. The first-order chi connectivity index (χ1) is 9.24. The first-order valence-electron chi connectivity index (χ1n) is 7.18. The Morgan fingerprint density at radius 3 is 3.00 bits per heavy atom. The molecule has 1 aliphatic rings. The van der Waals surface area contributed by atoms with E-state index in [1.54, 1.807) is 0 Å². The van der Waals surface area contributed by atoms with Crippen molar-refractivity contribution in [2.45, 2.75) is 32.4 Å². The molecule has 2 atom stereocenters. The Labute approximate surface area is 116 Å². The van der Waals surface area contributed by atoms with Crippen LogP contribution in [-0.4, -0.2) is 49.3 Å². The van der Waals surface area contributed by atoms with Crippen molar-refractivity contribution >= 4 is 0 Å². The van der Waals surface area contributed by atoms with Crippen LogP contribution in [0.3, 0.4) is 0 Å². The van der Waals surface area contributed by atoms with E-state index < -0.39 is 0 Å². The van der Waals surface area contributed by atoms with Crippen LogP contribution in [0.5, 0.6) is 0 Å². The molecule has 1 N–H and O–H groups in total. The first-order valence-corrected chi connectivity index (χ1v) is 7.18. The third kappa shape index (κ3) is 3.75. The summed E-state index contributed by atoms with van der Waals surface area (Å²) in [6, 6.07) is 4.42. The second-order valence-electron chi connectivity index (χ2n) is 5.21. The van der Waals surface area contributed by atoms with Crippen molar-refractivity contribution in [2.75, 3.05) is 33.3 Å². The Morgan fingerprint density at radius 1 is 1.53 bits per heavy atom. The molecular weight excluding hydrogens is 238 g/mol. The number of nitrogens with one attached hydrogen (secondary N) is 1. The van der Waals surface area contributed by atoms with E-state index in [0.29, 0.717) is 0 Å². The summed E-state index contributed by atoms with van der Waals surface area (Å²) in [5.74, 6) is 0. The third-order valence-electron chi connectivity index (χ3n) is 3.69. The monoisotopic (exact) mass is 263 g/mol. The van der Waals surface area contributed by atoms with Crippen LogP contribution in [-0.2, 0) is 4.74 Å². The van der Waals surface area contributed by atoms with Gasteiger partial charge in [0, 0.05) is 25.0 Å². The van der Waals surface area contributed by atoms with Gasteiger partial charge in [-0.15, -0.1) is 0 Å². The van der Waals surface area contributed by atoms with Crippen molar-refractivity contribution in [3.63, 3.8) is 0 Å². The van der Waals surface area contributed by atoms with Crippen LogP contribution in [0.2, 0.25) is 0 Å². The SMILES string of the molecule is CCCN1CCOC(C(NC)c2ccc(C)nc2)C1. The minimum Gasteiger partial charge on any atom is -0.374 e. The zero-order valence-corrected chi connectivity index (χ0v) is 12.2. The molecular formula is C15H25N3O. The molecule has 0 aromatic carbocycles. The quantitative estimate of drug-likeness (QED) is 0.878. The number of aromatic nitrogens is 1. The van der Waals surface area contributed by atoms with E-state index in [1.165, 1.54) is 12.0 Å². The highest BCUT2D eigenvalue weighted by Crippen LogP contribution is 2.22. The van der Waals surface area contributed by atoms with Crippen LogP contribution in [0.1, 0.15) is 30.6 Å². The summed E-state index contributed by atoms with van der Waals surface area (Å²) in [6.45, 7) is 8.26. The Bertz CT molecular complexity index is 377. The third-order valence-corrected chi connectivity index (χ3v) is 3.69. The van der Waals surface area contributed by atoms with Gasteiger partial charge in [0.05, 0.1) is 18.8 Å². The molecule has 0 amide bonds. The van der Waals surface area contributed by atoms with Crippen LogP contribution in [0, 0.1) is 6.92 Å². The predicted octanol–water partition coefficient (Wildman–Crippen LogP) is 1.76. The lowest BCUT2D eigenvalue weighted by molar-refractivity contribution is -0.0459. The maximum Gasteiger partial charge on any atom is 0.0897 e. The summed E-state index contributed by atoms with van der Waals surface area (Å²) in [5.41, 5.74) is 2.26. The standard InChI is InChI=1S/C15H25N3O/c1-4-7-18-8-9-19-14(11-18)15(16-3)13-6-5-12(2)17-10-13/h5-6,10,14-16H,4,7-9,11H2,1-3H3. The smallest absolute Gasteiger partial charge is 0.0897 e. The molecule has 0 radical (unpaired) electrons. The molecule has 1 fully saturated rings. The van der Waals surface area contributed by atoms with Crippen molar-refractivity contribution in [1.82, 2.24) is 15.2 Å². The van der Waals surface area contributed by atoms with Gasteiger partial charge in [0.1, 0.15) is 0 Å². The minimum absolute atomic E-state index is 0.204. The Balaban J connectivity index is 2.06. The Morgan fingerprint density at radius 2 is 2.37 bits per heavy atom. The fraction of sp³-hybridized carbons (Fsp3) is 0.667. The largest absolute Gasteiger partial charge is 0.374 e. The van der Waals surface area contributed by atoms with Crippen molar-refractivity contribution in [3.8, 4) is 0 Å². The van der Waals surface area contributed by atoms with Crippen LogP contribution in [0.15, 0.2) is 18.3 Å². The van der Waals surface area contributed by atoms with Gasteiger partial charge in [-0.1, -0.05) is 13.0 Å². The van der Waals surface area contributed by atoms with Crippen LogP contribution >= 0.6 is 0 Å². The number of morpholine rings is 1. The molecule has 0 saturated carbocycles. The lowest BCUT2D eigenvalue weighted by atomic mass is 10.0. The minimum atomic E-state index is 0.204. The molecule has 1 aliphatic heterocycles. The molecule has 4 nitrogen and oxygen atoms in total. The molecule has 0 spiro atoms. The van der Waals surface area contributed by atoms with Gasteiger partial charge in [0.15, 0.2) is 0 Å². The Kier molecular flexibility index (Phi) is 5.31. The Hall–Kier alpha value is -0.970. The maximum atomic E-state index is 5.96. The van der Waals surface area contributed by atoms with Gasteiger partial charge in [0.2, 0.25) is 0 Å². The van der Waals surface area contributed by atoms with Crippen LogP contribution in [0.25, 0.3) is 0 Å². The molecule has 2 unspecified atom stereocenters. The van der Waals surface area contributed by atoms with Crippen LogP contribution < -0.4 is 5.32 Å². The normalized spacial score (nSPS) is 22.4. The molecule has 106 valence electrons. The summed E-state index contributed by atoms with van der Waals surface area (Å²) in [7, 11) is 1.99. The average Bonchev–Trinajstić information content (AvgIpc) is 2.43. The first kappa shape index (κ1) is 14.4. The van der Waals surface area contributed by atoms with E-state index in [-0.39, 0.29) is 12.1 Å². The molecule has 2 rings (SSSR count). The second kappa shape index (κ2) is 6.98. The summed E-state index contributed by atoms with van der Waals surface area (Å²) >= 11 is 0. The van der Waals surface area contributed by atoms with E-state index in [2.05, 4.69) is 34.3 Å². The van der Waals surface area contributed by atoms with E-state index in [0.717, 1.165) is 31.9 Å². The predicted molar refractivity (Wildman–Crippen MR) is 77.2 cm³/mol. The summed E-state index contributed by atoms with van der Waals surface area (Å²) in [4.78, 5) is 6.88. The van der Waals surface area contributed by atoms with E-state index in [1.807, 2.05) is 20.2 Å². The van der Waals surface area contributed by atoms with E-state index in [4.69, 9.17) is 4.74 Å². The number of ether oxygens (including phenoxy) is 1. The zero-order chi connectivity index (χ0) is 13.7. The molecule has 1 aromatic heterocycles. The van der Waals surface area contributed by atoms with Gasteiger partial charge in [-0.2, -0.15) is 0 Å². The fourth-order valence-electron chi connectivity index (χ4n) is 2.68. The highest BCUT2D eigenvalue weighted by atomic mass is 16.5. The van der Waals surface area contributed by atoms with Crippen molar-refractivity contribution in [1.29, 1.82) is 0 Å². The zero-order valence-electron chi connectivity index (χ0n) is 12.2. The number of likely N-dealkylation sites (N-methyl/N-ethyl adjacent to an activating group) is 1. The average molecular weight is 263 g/mol. The second-order valence-corrected chi connectivity index (χ2v) is 5.21. The van der Waals surface area contributed by atoms with Gasteiger partial charge >= 0.3 is 0 Å². The van der Waals surface area contributed by atoms with Crippen molar-refractivity contribution in [2.24, 2.45) is 0 Å². The molecule has 1 aromatic rings. The number of hydrogen-bond acceptors (Lipinski definition) is 4. The van der Waals surface area contributed by atoms with Crippen molar-refractivity contribution in [3.05, 3.63) is 29.6 Å². The topological polar surface area (TPSA) is 37.4 Å². The summed E-state index contributed by atoms with van der Waals surface area (Å²) in [5, 5.41) is 3.38. The van der Waals surface area contributed by atoms with Gasteiger partial charge in [-0.3, -0.25) is 9.88 Å². The fourth-order valence-corrected chi connectivity index (χ4v) is 2.68. The molecule has 4 heteroatoms. The lowest BCUT2D eigenvalue weighted by Crippen LogP contribution is -2.47. The van der Waals surface area contributed by atoms with Crippen LogP contribution in [0.4, 0.5) is 0 Å². The number of pyridine rings is 1. The summed E-state index contributed by atoms with van der Waals surface area (Å²) in [6.07, 6.45) is 3.36. The number of aryl methyl sites for hydroxylation is 1. The van der Waals surface area contributed by atoms with Gasteiger partial charge in [-0.05, 0) is 38.6 Å². The highest BCUT2D eigenvalue weighted by molar-refractivity contribution is 5.18. The van der Waals surface area contributed by atoms with E-state index in [9.17, 15) is 0 Å². The highest BCUT2D eigenvalue weighted by Gasteiger charge is 2.28. The maximum absolute atomic E-state index is 5.96. The number of hydrogen-bond donors (Lipinski definition) is 1. The van der Waals surface area contributed by atoms with E-state index >= 15 is 0 Å². The van der Waals surface area contributed by atoms with Gasteiger partial charge in [0.25, 0.3) is 0 Å². The van der Waals surface area contributed by atoms with Crippen molar-refractivity contribution < 1.29 is 4.74 Å². The molecule has 0 bridgehead atoms.